The van der Waals surface area contributed by atoms with Crippen LogP contribution in [0, 0.1) is 0 Å². The predicted octanol–water partition coefficient (Wildman–Crippen LogP) is 5.28. The predicted molar refractivity (Wildman–Crippen MR) is 96.1 cm³/mol. The number of carbonyl (C=O) groups excluding carboxylic acids is 2. The van der Waals surface area contributed by atoms with E-state index in [4.69, 9.17) is 27.9 Å². The Bertz CT molecular complexity index is 840. The maximum absolute atomic E-state index is 12.9. The van der Waals surface area contributed by atoms with Gasteiger partial charge in [0, 0.05) is 15.6 Å². The average Bonchev–Trinajstić information content (AvgIpc) is 3.14. The van der Waals surface area contributed by atoms with E-state index in [1.807, 2.05) is 11.4 Å². The molecule has 0 saturated carbocycles. The van der Waals surface area contributed by atoms with Crippen LogP contribution >= 0.6 is 34.5 Å². The van der Waals surface area contributed by atoms with Crippen molar-refractivity contribution in [1.82, 2.24) is 0 Å². The van der Waals surface area contributed by atoms with Crippen LogP contribution in [0.2, 0.25) is 10.0 Å². The van der Waals surface area contributed by atoms with Gasteiger partial charge < -0.3 is 4.74 Å². The van der Waals surface area contributed by atoms with Crippen LogP contribution in [-0.2, 0) is 9.53 Å². The van der Waals surface area contributed by atoms with Gasteiger partial charge in [0.05, 0.1) is 10.8 Å². The fourth-order valence-electron chi connectivity index (χ4n) is 3.00. The van der Waals surface area contributed by atoms with Crippen LogP contribution < -0.4 is 0 Å². The maximum atomic E-state index is 12.9. The molecule has 0 amide bonds. The van der Waals surface area contributed by atoms with Gasteiger partial charge >= 0.3 is 0 Å². The largest absolute Gasteiger partial charge is 0.485 e. The average molecular weight is 381 g/mol. The summed E-state index contributed by atoms with van der Waals surface area (Å²) in [7, 11) is 0. The second kappa shape index (κ2) is 6.71. The fourth-order valence-corrected chi connectivity index (χ4v) is 4.21. The second-order valence-electron chi connectivity index (χ2n) is 5.55. The Hall–Kier alpha value is -1.62. The van der Waals surface area contributed by atoms with Crippen molar-refractivity contribution in [1.29, 1.82) is 0 Å². The Morgan fingerprint density at radius 1 is 1.21 bits per heavy atom. The molecule has 0 fully saturated rings. The SMILES string of the molecule is CC(=O)C1=C(C)O[C@@H](C(=O)c2cccs2)[C@@H]1c1ccc(Cl)cc1Cl. The zero-order valence-corrected chi connectivity index (χ0v) is 15.3. The van der Waals surface area contributed by atoms with Gasteiger partial charge in [-0.1, -0.05) is 35.3 Å². The third-order valence-corrected chi connectivity index (χ3v) is 5.44. The highest BCUT2D eigenvalue weighted by molar-refractivity contribution is 7.12. The highest BCUT2D eigenvalue weighted by Gasteiger charge is 2.43. The van der Waals surface area contributed by atoms with Crippen molar-refractivity contribution in [3.63, 3.8) is 0 Å². The number of rotatable bonds is 4. The van der Waals surface area contributed by atoms with Gasteiger partial charge in [-0.2, -0.15) is 0 Å². The van der Waals surface area contributed by atoms with Crippen LogP contribution in [0.1, 0.15) is 35.0 Å². The summed E-state index contributed by atoms with van der Waals surface area (Å²) in [6.45, 7) is 3.17. The smallest absolute Gasteiger partial charge is 0.214 e. The molecule has 0 saturated heterocycles. The molecule has 6 heteroatoms. The molecule has 0 spiro atoms. The molecule has 124 valence electrons. The topological polar surface area (TPSA) is 43.4 Å². The fraction of sp³-hybridized carbons (Fsp3) is 0.222. The molecular formula is C18H14Cl2O3S. The van der Waals surface area contributed by atoms with Crippen molar-refractivity contribution < 1.29 is 14.3 Å². The van der Waals surface area contributed by atoms with Crippen molar-refractivity contribution >= 4 is 46.1 Å². The van der Waals surface area contributed by atoms with Crippen molar-refractivity contribution in [3.8, 4) is 0 Å². The summed E-state index contributed by atoms with van der Waals surface area (Å²) in [5, 5.41) is 2.74. The standard InChI is InChI=1S/C18H14Cl2O3S/c1-9(21)15-10(2)23-18(17(22)14-4-3-7-24-14)16(15)12-6-5-11(19)8-13(12)20/h3-8,16,18H,1-2H3/t16-,18-/m1/s1. The number of ether oxygens (including phenoxy) is 1. The van der Waals surface area contributed by atoms with Crippen LogP contribution in [0.25, 0.3) is 0 Å². The summed E-state index contributed by atoms with van der Waals surface area (Å²) in [6, 6.07) is 8.60. The molecule has 1 aliphatic rings. The first-order valence-corrected chi connectivity index (χ1v) is 8.94. The van der Waals surface area contributed by atoms with Crippen molar-refractivity contribution in [2.45, 2.75) is 25.9 Å². The monoisotopic (exact) mass is 380 g/mol. The van der Waals surface area contributed by atoms with Gasteiger partial charge in [0.25, 0.3) is 0 Å². The summed E-state index contributed by atoms with van der Waals surface area (Å²) in [5.74, 6) is -0.364. The summed E-state index contributed by atoms with van der Waals surface area (Å²) in [6.07, 6.45) is -0.804. The van der Waals surface area contributed by atoms with Crippen LogP contribution in [0.3, 0.4) is 0 Å². The number of hydrogen-bond donors (Lipinski definition) is 0. The molecule has 0 radical (unpaired) electrons. The lowest BCUT2D eigenvalue weighted by Gasteiger charge is -2.21. The van der Waals surface area contributed by atoms with E-state index in [-0.39, 0.29) is 11.6 Å². The van der Waals surface area contributed by atoms with Gasteiger partial charge in [-0.05, 0) is 43.0 Å². The van der Waals surface area contributed by atoms with Crippen LogP contribution in [0.4, 0.5) is 0 Å². The first kappa shape index (κ1) is 17.2. The Kier molecular flexibility index (Phi) is 4.81. The Balaban J connectivity index is 2.10. The lowest BCUT2D eigenvalue weighted by molar-refractivity contribution is -0.113. The molecule has 24 heavy (non-hydrogen) atoms. The molecule has 1 aromatic carbocycles. The van der Waals surface area contributed by atoms with Gasteiger partial charge in [0.2, 0.25) is 5.78 Å². The number of Topliss-reactive ketones (excluding diaryl/α,β-unsaturated/α-hetero) is 2. The summed E-state index contributed by atoms with van der Waals surface area (Å²) < 4.78 is 5.80. The maximum Gasteiger partial charge on any atom is 0.214 e. The molecule has 3 rings (SSSR count). The first-order chi connectivity index (χ1) is 11.4. The lowest BCUT2D eigenvalue weighted by atomic mass is 9.84. The number of ketones is 2. The molecule has 2 atom stereocenters. The van der Waals surface area contributed by atoms with Crippen LogP contribution in [0.15, 0.2) is 47.0 Å². The van der Waals surface area contributed by atoms with Crippen molar-refractivity contribution in [3.05, 3.63) is 67.5 Å². The van der Waals surface area contributed by atoms with Gasteiger partial charge in [-0.3, -0.25) is 9.59 Å². The van der Waals surface area contributed by atoms with E-state index in [0.717, 1.165) is 0 Å². The molecule has 2 aromatic rings. The van der Waals surface area contributed by atoms with E-state index >= 15 is 0 Å². The lowest BCUT2D eigenvalue weighted by Crippen LogP contribution is -2.28. The molecule has 0 aliphatic carbocycles. The van der Waals surface area contributed by atoms with E-state index in [1.54, 1.807) is 31.2 Å². The molecule has 0 unspecified atom stereocenters. The zero-order valence-electron chi connectivity index (χ0n) is 13.0. The Morgan fingerprint density at radius 2 is 1.96 bits per heavy atom. The number of allylic oxidation sites excluding steroid dienone is 1. The number of halogens is 2. The minimum Gasteiger partial charge on any atom is -0.485 e. The molecule has 0 N–H and O–H groups in total. The third-order valence-electron chi connectivity index (χ3n) is 4.00. The van der Waals surface area contributed by atoms with E-state index in [2.05, 4.69) is 0 Å². The third kappa shape index (κ3) is 3.02. The summed E-state index contributed by atoms with van der Waals surface area (Å²) in [5.41, 5.74) is 1.15. The van der Waals surface area contributed by atoms with Crippen LogP contribution in [-0.4, -0.2) is 17.7 Å². The number of hydrogen-bond acceptors (Lipinski definition) is 4. The van der Waals surface area contributed by atoms with Gasteiger partial charge in [-0.25, -0.2) is 0 Å². The minimum absolute atomic E-state index is 0.134. The quantitative estimate of drug-likeness (QED) is 0.677. The van der Waals surface area contributed by atoms with Gasteiger partial charge in [0.1, 0.15) is 5.76 Å². The van der Waals surface area contributed by atoms with E-state index in [0.29, 0.717) is 31.8 Å². The molecule has 1 aromatic heterocycles. The van der Waals surface area contributed by atoms with Crippen LogP contribution in [0.5, 0.6) is 0 Å². The van der Waals surface area contributed by atoms with Crippen molar-refractivity contribution in [2.24, 2.45) is 0 Å². The molecule has 2 heterocycles. The molecule has 0 bridgehead atoms. The van der Waals surface area contributed by atoms with E-state index in [1.165, 1.54) is 18.3 Å². The highest BCUT2D eigenvalue weighted by Crippen LogP contribution is 2.43. The Labute approximate surface area is 153 Å². The normalized spacial score (nSPS) is 20.2. The summed E-state index contributed by atoms with van der Waals surface area (Å²) in [4.78, 5) is 25.6. The van der Waals surface area contributed by atoms with Gasteiger partial charge in [0.15, 0.2) is 11.9 Å². The van der Waals surface area contributed by atoms with Gasteiger partial charge in [-0.15, -0.1) is 11.3 Å². The van der Waals surface area contributed by atoms with E-state index < -0.39 is 12.0 Å². The summed E-state index contributed by atoms with van der Waals surface area (Å²) >= 11 is 13.7. The molecular weight excluding hydrogens is 367 g/mol. The van der Waals surface area contributed by atoms with Crippen molar-refractivity contribution in [2.75, 3.05) is 0 Å². The first-order valence-electron chi connectivity index (χ1n) is 7.31. The number of benzene rings is 1. The Morgan fingerprint density at radius 3 is 2.54 bits per heavy atom. The second-order valence-corrected chi connectivity index (χ2v) is 7.34. The zero-order chi connectivity index (χ0) is 17.4. The minimum atomic E-state index is -0.804. The number of carbonyl (C=O) groups is 2. The highest BCUT2D eigenvalue weighted by atomic mass is 35.5. The molecule has 3 nitrogen and oxygen atoms in total. The molecule has 1 aliphatic heterocycles. The van der Waals surface area contributed by atoms with E-state index in [9.17, 15) is 9.59 Å². The number of thiophene rings is 1.